The van der Waals surface area contributed by atoms with Crippen LogP contribution in [-0.4, -0.2) is 38.3 Å². The van der Waals surface area contributed by atoms with Gasteiger partial charge in [-0.2, -0.15) is 13.1 Å². The molecule has 1 aliphatic rings. The van der Waals surface area contributed by atoms with Gasteiger partial charge < -0.3 is 10.1 Å². The monoisotopic (exact) mass is 444 g/mol. The SMILES string of the molecule is CC(NC(=O)C1CCCN(S(=O)(=O)c2cccs2)C1)c1cccc(OC(F)F)c1. The molecule has 1 fully saturated rings. The van der Waals surface area contributed by atoms with Crippen LogP contribution in [0.1, 0.15) is 31.4 Å². The van der Waals surface area contributed by atoms with Crippen molar-refractivity contribution in [1.82, 2.24) is 9.62 Å². The van der Waals surface area contributed by atoms with Crippen LogP contribution in [0.2, 0.25) is 0 Å². The van der Waals surface area contributed by atoms with Gasteiger partial charge in [-0.1, -0.05) is 18.2 Å². The van der Waals surface area contributed by atoms with Crippen molar-refractivity contribution in [2.45, 2.75) is 36.6 Å². The van der Waals surface area contributed by atoms with E-state index in [1.807, 2.05) is 0 Å². The van der Waals surface area contributed by atoms with Crippen LogP contribution in [0.4, 0.5) is 8.78 Å². The molecule has 158 valence electrons. The van der Waals surface area contributed by atoms with E-state index in [4.69, 9.17) is 0 Å². The summed E-state index contributed by atoms with van der Waals surface area (Å²) in [6.45, 7) is -0.684. The molecule has 0 spiro atoms. The van der Waals surface area contributed by atoms with E-state index in [-0.39, 0.29) is 22.4 Å². The summed E-state index contributed by atoms with van der Waals surface area (Å²) in [7, 11) is -3.60. The molecular formula is C19H22F2N2O4S2. The number of benzene rings is 1. The quantitative estimate of drug-likeness (QED) is 0.708. The third kappa shape index (κ3) is 5.31. The van der Waals surface area contributed by atoms with Crippen molar-refractivity contribution in [3.8, 4) is 5.75 Å². The van der Waals surface area contributed by atoms with Crippen LogP contribution in [0, 0.1) is 5.92 Å². The molecule has 10 heteroatoms. The smallest absolute Gasteiger partial charge is 0.387 e. The van der Waals surface area contributed by atoms with Gasteiger partial charge in [0.05, 0.1) is 12.0 Å². The summed E-state index contributed by atoms with van der Waals surface area (Å²) in [5, 5.41) is 4.56. The number of carbonyl (C=O) groups excluding carboxylic acids is 1. The number of piperidine rings is 1. The maximum absolute atomic E-state index is 12.7. The van der Waals surface area contributed by atoms with Gasteiger partial charge in [0.15, 0.2) is 0 Å². The van der Waals surface area contributed by atoms with Gasteiger partial charge in [0.1, 0.15) is 9.96 Å². The topological polar surface area (TPSA) is 75.7 Å². The normalized spacial score (nSPS) is 19.1. The second-order valence-corrected chi connectivity index (χ2v) is 9.93. The molecule has 2 aromatic rings. The summed E-state index contributed by atoms with van der Waals surface area (Å²) >= 11 is 1.15. The van der Waals surface area contributed by atoms with Crippen molar-refractivity contribution < 1.29 is 26.7 Å². The summed E-state index contributed by atoms with van der Waals surface area (Å²) in [4.78, 5) is 12.7. The van der Waals surface area contributed by atoms with Gasteiger partial charge in [-0.3, -0.25) is 4.79 Å². The highest BCUT2D eigenvalue weighted by molar-refractivity contribution is 7.91. The first-order valence-corrected chi connectivity index (χ1v) is 11.5. The van der Waals surface area contributed by atoms with Gasteiger partial charge in [0.2, 0.25) is 5.91 Å². The predicted octanol–water partition coefficient (Wildman–Crippen LogP) is 3.63. The van der Waals surface area contributed by atoms with E-state index in [1.165, 1.54) is 16.4 Å². The molecule has 2 unspecified atom stereocenters. The lowest BCUT2D eigenvalue weighted by Gasteiger charge is -2.31. The average molecular weight is 445 g/mol. The minimum atomic E-state index is -3.60. The number of halogens is 2. The Bertz CT molecular complexity index is 935. The number of nitrogens with one attached hydrogen (secondary N) is 1. The lowest BCUT2D eigenvalue weighted by Crippen LogP contribution is -2.45. The minimum Gasteiger partial charge on any atom is -0.435 e. The van der Waals surface area contributed by atoms with Gasteiger partial charge in [-0.15, -0.1) is 11.3 Å². The van der Waals surface area contributed by atoms with E-state index >= 15 is 0 Å². The Morgan fingerprint density at radius 2 is 2.10 bits per heavy atom. The van der Waals surface area contributed by atoms with E-state index in [1.54, 1.807) is 36.6 Å². The Morgan fingerprint density at radius 1 is 1.31 bits per heavy atom. The average Bonchev–Trinajstić information content (AvgIpc) is 3.23. The van der Waals surface area contributed by atoms with Crippen molar-refractivity contribution in [3.63, 3.8) is 0 Å². The van der Waals surface area contributed by atoms with Gasteiger partial charge in [-0.05, 0) is 48.9 Å². The Balaban J connectivity index is 1.64. The third-order valence-electron chi connectivity index (χ3n) is 4.79. The largest absolute Gasteiger partial charge is 0.435 e. The Labute approximate surface area is 172 Å². The molecule has 0 saturated carbocycles. The van der Waals surface area contributed by atoms with Crippen molar-refractivity contribution in [2.24, 2.45) is 5.92 Å². The van der Waals surface area contributed by atoms with Crippen LogP contribution < -0.4 is 10.1 Å². The minimum absolute atomic E-state index is 0.0180. The standard InChI is InChI=1S/C19H22F2N2O4S2/c1-13(14-5-2-7-16(11-14)27-19(20)21)22-18(24)15-6-3-9-23(12-15)29(25,26)17-8-4-10-28-17/h2,4-5,7-8,10-11,13,15,19H,3,6,9,12H2,1H3,(H,22,24). The van der Waals surface area contributed by atoms with Crippen LogP contribution in [0.3, 0.4) is 0 Å². The molecule has 3 rings (SSSR count). The van der Waals surface area contributed by atoms with Crippen LogP contribution in [0.15, 0.2) is 46.0 Å². The zero-order valence-corrected chi connectivity index (χ0v) is 17.4. The summed E-state index contributed by atoms with van der Waals surface area (Å²) in [5.74, 6) is -0.713. The van der Waals surface area contributed by atoms with E-state index in [2.05, 4.69) is 10.1 Å². The number of ether oxygens (including phenoxy) is 1. The van der Waals surface area contributed by atoms with Gasteiger partial charge in [-0.25, -0.2) is 8.42 Å². The first-order valence-electron chi connectivity index (χ1n) is 9.16. The summed E-state index contributed by atoms with van der Waals surface area (Å²) in [5.41, 5.74) is 0.621. The number of hydrogen-bond acceptors (Lipinski definition) is 5. The maximum atomic E-state index is 12.7. The fraction of sp³-hybridized carbons (Fsp3) is 0.421. The first-order chi connectivity index (χ1) is 13.8. The fourth-order valence-electron chi connectivity index (χ4n) is 3.29. The number of sulfonamides is 1. The third-order valence-corrected chi connectivity index (χ3v) is 8.02. The molecule has 1 aliphatic heterocycles. The number of carbonyl (C=O) groups is 1. The number of alkyl halides is 2. The number of hydrogen-bond donors (Lipinski definition) is 1. The number of amides is 1. The van der Waals surface area contributed by atoms with E-state index in [0.717, 1.165) is 11.3 Å². The van der Waals surface area contributed by atoms with E-state index in [9.17, 15) is 22.0 Å². The summed E-state index contributed by atoms with van der Waals surface area (Å²) in [6.07, 6.45) is 1.18. The van der Waals surface area contributed by atoms with Crippen molar-refractivity contribution in [2.75, 3.05) is 13.1 Å². The molecule has 6 nitrogen and oxygen atoms in total. The van der Waals surface area contributed by atoms with Gasteiger partial charge >= 0.3 is 6.61 Å². The van der Waals surface area contributed by atoms with Crippen LogP contribution in [0.5, 0.6) is 5.75 Å². The molecule has 1 amide bonds. The maximum Gasteiger partial charge on any atom is 0.387 e. The van der Waals surface area contributed by atoms with E-state index < -0.39 is 28.6 Å². The summed E-state index contributed by atoms with van der Waals surface area (Å²) < 4.78 is 56.2. The highest BCUT2D eigenvalue weighted by atomic mass is 32.2. The zero-order valence-electron chi connectivity index (χ0n) is 15.8. The molecule has 1 aromatic heterocycles. The number of thiophene rings is 1. The predicted molar refractivity (Wildman–Crippen MR) is 105 cm³/mol. The van der Waals surface area contributed by atoms with Crippen molar-refractivity contribution in [3.05, 3.63) is 47.3 Å². The highest BCUT2D eigenvalue weighted by Gasteiger charge is 2.34. The molecule has 0 bridgehead atoms. The van der Waals surface area contributed by atoms with Crippen LogP contribution in [-0.2, 0) is 14.8 Å². The molecular weight excluding hydrogens is 422 g/mol. The molecule has 1 saturated heterocycles. The van der Waals surface area contributed by atoms with Gasteiger partial charge in [0.25, 0.3) is 10.0 Å². The number of rotatable bonds is 7. The van der Waals surface area contributed by atoms with Crippen molar-refractivity contribution >= 4 is 27.3 Å². The molecule has 0 aliphatic carbocycles. The van der Waals surface area contributed by atoms with Crippen LogP contribution in [0.25, 0.3) is 0 Å². The molecule has 2 heterocycles. The Kier molecular flexibility index (Phi) is 6.86. The molecule has 1 N–H and O–H groups in total. The molecule has 29 heavy (non-hydrogen) atoms. The van der Waals surface area contributed by atoms with Crippen LogP contribution >= 0.6 is 11.3 Å². The second-order valence-electron chi connectivity index (χ2n) is 6.82. The van der Waals surface area contributed by atoms with Crippen molar-refractivity contribution in [1.29, 1.82) is 0 Å². The Morgan fingerprint density at radius 3 is 2.79 bits per heavy atom. The van der Waals surface area contributed by atoms with Gasteiger partial charge in [0, 0.05) is 13.1 Å². The second kappa shape index (κ2) is 9.19. The van der Waals surface area contributed by atoms with E-state index in [0.29, 0.717) is 24.9 Å². The zero-order chi connectivity index (χ0) is 21.0. The Hall–Kier alpha value is -2.04. The molecule has 0 radical (unpaired) electrons. The summed E-state index contributed by atoms with van der Waals surface area (Å²) in [6, 6.07) is 8.94. The molecule has 1 aromatic carbocycles. The molecule has 2 atom stereocenters. The highest BCUT2D eigenvalue weighted by Crippen LogP contribution is 2.27. The first kappa shape index (κ1) is 21.7. The lowest BCUT2D eigenvalue weighted by molar-refractivity contribution is -0.126. The number of nitrogens with zero attached hydrogens (tertiary/aromatic N) is 1. The lowest BCUT2D eigenvalue weighted by atomic mass is 9.98. The fourth-order valence-corrected chi connectivity index (χ4v) is 5.96.